The lowest BCUT2D eigenvalue weighted by atomic mass is 10.1. The average molecular weight is 295 g/mol. The zero-order chi connectivity index (χ0) is 14.4. The van der Waals surface area contributed by atoms with Crippen LogP contribution >= 0.6 is 0 Å². The number of carbonyl (C=O) groups excluding carboxylic acids is 1. The fourth-order valence-corrected chi connectivity index (χ4v) is 3.10. The third-order valence-corrected chi connectivity index (χ3v) is 4.19. The minimum absolute atomic E-state index is 0.0935. The molecule has 1 heterocycles. The quantitative estimate of drug-likeness (QED) is 0.901. The largest absolute Gasteiger partial charge is 0.368 e. The van der Waals surface area contributed by atoms with Gasteiger partial charge < -0.3 is 10.1 Å². The van der Waals surface area contributed by atoms with E-state index in [0.717, 1.165) is 24.8 Å². The van der Waals surface area contributed by atoms with Gasteiger partial charge in [-0.05, 0) is 24.8 Å². The highest BCUT2D eigenvalue weighted by Gasteiger charge is 2.25. The highest BCUT2D eigenvalue weighted by Crippen LogP contribution is 2.17. The van der Waals surface area contributed by atoms with E-state index in [-0.39, 0.29) is 18.1 Å². The molecule has 0 aromatic heterocycles. The molecular formula is C15H21NO3S. The molecule has 1 aromatic rings. The van der Waals surface area contributed by atoms with Crippen LogP contribution in [0.5, 0.6) is 0 Å². The van der Waals surface area contributed by atoms with Crippen LogP contribution < -0.4 is 5.32 Å². The van der Waals surface area contributed by atoms with Crippen molar-refractivity contribution in [2.24, 2.45) is 0 Å². The molecule has 4 nitrogen and oxygen atoms in total. The molecule has 0 radical (unpaired) electrons. The first-order valence-corrected chi connectivity index (χ1v) is 8.66. The third kappa shape index (κ3) is 4.42. The van der Waals surface area contributed by atoms with Gasteiger partial charge in [0, 0.05) is 29.4 Å². The molecule has 1 fully saturated rings. The van der Waals surface area contributed by atoms with Crippen molar-refractivity contribution in [3.63, 3.8) is 0 Å². The molecular weight excluding hydrogens is 274 g/mol. The maximum absolute atomic E-state index is 12.2. The first-order valence-electron chi connectivity index (χ1n) is 6.94. The highest BCUT2D eigenvalue weighted by molar-refractivity contribution is 7.84. The van der Waals surface area contributed by atoms with Crippen molar-refractivity contribution in [3.05, 3.63) is 35.9 Å². The van der Waals surface area contributed by atoms with Crippen molar-refractivity contribution >= 4 is 16.7 Å². The Kier molecular flexibility index (Phi) is 5.73. The summed E-state index contributed by atoms with van der Waals surface area (Å²) in [6.45, 7) is 0.647. The fraction of sp³-hybridized carbons (Fsp3) is 0.533. The lowest BCUT2D eigenvalue weighted by Crippen LogP contribution is -2.41. The molecule has 110 valence electrons. The van der Waals surface area contributed by atoms with Crippen molar-refractivity contribution in [3.8, 4) is 0 Å². The molecule has 1 N–H and O–H groups in total. The van der Waals surface area contributed by atoms with Gasteiger partial charge >= 0.3 is 0 Å². The van der Waals surface area contributed by atoms with Crippen LogP contribution in [0.4, 0.5) is 0 Å². The Labute approximate surface area is 122 Å². The van der Waals surface area contributed by atoms with Gasteiger partial charge in [0.2, 0.25) is 5.91 Å². The van der Waals surface area contributed by atoms with Gasteiger partial charge in [-0.1, -0.05) is 30.3 Å². The van der Waals surface area contributed by atoms with E-state index in [0.29, 0.717) is 12.4 Å². The molecule has 0 aliphatic carbocycles. The Morgan fingerprint density at radius 1 is 1.40 bits per heavy atom. The molecule has 1 saturated heterocycles. The minimum Gasteiger partial charge on any atom is -0.368 e. The zero-order valence-corrected chi connectivity index (χ0v) is 12.5. The summed E-state index contributed by atoms with van der Waals surface area (Å²) in [4.78, 5) is 12.2. The van der Waals surface area contributed by atoms with Crippen LogP contribution in [0.15, 0.2) is 30.3 Å². The topological polar surface area (TPSA) is 55.4 Å². The molecule has 0 spiro atoms. The van der Waals surface area contributed by atoms with Crippen LogP contribution in [0.3, 0.4) is 0 Å². The Morgan fingerprint density at radius 2 is 2.15 bits per heavy atom. The SMILES string of the molecule is CS(=O)CC(NC(=O)C1CCCCO1)c1ccccc1. The van der Waals surface area contributed by atoms with E-state index in [1.165, 1.54) is 0 Å². The van der Waals surface area contributed by atoms with Gasteiger partial charge in [-0.2, -0.15) is 0 Å². The van der Waals surface area contributed by atoms with Gasteiger partial charge in [-0.3, -0.25) is 9.00 Å². The van der Waals surface area contributed by atoms with Crippen LogP contribution in [0.25, 0.3) is 0 Å². The molecule has 5 heteroatoms. The van der Waals surface area contributed by atoms with Gasteiger partial charge in [0.1, 0.15) is 6.10 Å². The molecule has 1 aliphatic heterocycles. The number of amides is 1. The average Bonchev–Trinajstić information content (AvgIpc) is 2.48. The van der Waals surface area contributed by atoms with Crippen molar-refractivity contribution in [1.29, 1.82) is 0 Å². The maximum atomic E-state index is 12.2. The van der Waals surface area contributed by atoms with Crippen molar-refractivity contribution in [1.82, 2.24) is 5.32 Å². The van der Waals surface area contributed by atoms with Gasteiger partial charge in [-0.15, -0.1) is 0 Å². The number of ether oxygens (including phenoxy) is 1. The second-order valence-corrected chi connectivity index (χ2v) is 6.55. The Balaban J connectivity index is 2.03. The van der Waals surface area contributed by atoms with Gasteiger partial charge in [-0.25, -0.2) is 0 Å². The molecule has 2 rings (SSSR count). The van der Waals surface area contributed by atoms with Gasteiger partial charge in [0.15, 0.2) is 0 Å². The van der Waals surface area contributed by atoms with E-state index in [2.05, 4.69) is 5.32 Å². The van der Waals surface area contributed by atoms with Crippen LogP contribution in [0.1, 0.15) is 30.9 Å². The van der Waals surface area contributed by atoms with Crippen molar-refractivity contribution in [2.45, 2.75) is 31.4 Å². The zero-order valence-electron chi connectivity index (χ0n) is 11.7. The van der Waals surface area contributed by atoms with Crippen LogP contribution in [0.2, 0.25) is 0 Å². The van der Waals surface area contributed by atoms with E-state index in [9.17, 15) is 9.00 Å². The van der Waals surface area contributed by atoms with Crippen LogP contribution in [-0.2, 0) is 20.3 Å². The fourth-order valence-electron chi connectivity index (χ4n) is 2.35. The minimum atomic E-state index is -0.973. The van der Waals surface area contributed by atoms with E-state index >= 15 is 0 Å². The summed E-state index contributed by atoms with van der Waals surface area (Å²) >= 11 is 0. The Bertz CT molecular complexity index is 457. The normalized spacial score (nSPS) is 21.9. The van der Waals surface area contributed by atoms with Gasteiger partial charge in [0.05, 0.1) is 6.04 Å². The predicted octanol–water partition coefficient (Wildman–Crippen LogP) is 1.79. The van der Waals surface area contributed by atoms with Crippen molar-refractivity contribution < 1.29 is 13.7 Å². The molecule has 1 aliphatic rings. The second-order valence-electron chi connectivity index (χ2n) is 5.07. The molecule has 3 unspecified atom stereocenters. The van der Waals surface area contributed by atoms with E-state index in [1.54, 1.807) is 6.26 Å². The summed E-state index contributed by atoms with van der Waals surface area (Å²) < 4.78 is 17.0. The Hall–Kier alpha value is -1.20. The monoisotopic (exact) mass is 295 g/mol. The maximum Gasteiger partial charge on any atom is 0.249 e. The molecule has 1 aromatic carbocycles. The summed E-state index contributed by atoms with van der Waals surface area (Å²) in [5, 5.41) is 2.98. The highest BCUT2D eigenvalue weighted by atomic mass is 32.2. The lowest BCUT2D eigenvalue weighted by Gasteiger charge is -2.25. The molecule has 3 atom stereocenters. The summed E-state index contributed by atoms with van der Waals surface area (Å²) in [5.41, 5.74) is 0.979. The van der Waals surface area contributed by atoms with E-state index < -0.39 is 10.8 Å². The molecule has 20 heavy (non-hydrogen) atoms. The molecule has 0 bridgehead atoms. The molecule has 0 saturated carbocycles. The smallest absolute Gasteiger partial charge is 0.249 e. The summed E-state index contributed by atoms with van der Waals surface area (Å²) in [7, 11) is -0.973. The summed E-state index contributed by atoms with van der Waals surface area (Å²) in [6, 6.07) is 9.43. The lowest BCUT2D eigenvalue weighted by molar-refractivity contribution is -0.136. The number of benzene rings is 1. The van der Waals surface area contributed by atoms with Gasteiger partial charge in [0.25, 0.3) is 0 Å². The number of carbonyl (C=O) groups is 1. The van der Waals surface area contributed by atoms with E-state index in [1.807, 2.05) is 30.3 Å². The summed E-state index contributed by atoms with van der Waals surface area (Å²) in [6.07, 6.45) is 4.10. The molecule has 1 amide bonds. The number of hydrogen-bond acceptors (Lipinski definition) is 3. The predicted molar refractivity (Wildman–Crippen MR) is 79.9 cm³/mol. The number of rotatable bonds is 5. The summed E-state index contributed by atoms with van der Waals surface area (Å²) in [5.74, 6) is 0.326. The standard InChI is InChI=1S/C15H21NO3S/c1-20(18)11-13(12-7-3-2-4-8-12)16-15(17)14-9-5-6-10-19-14/h2-4,7-8,13-14H,5-6,9-11H2,1H3,(H,16,17). The van der Waals surface area contributed by atoms with Crippen LogP contribution in [0, 0.1) is 0 Å². The van der Waals surface area contributed by atoms with E-state index in [4.69, 9.17) is 4.74 Å². The number of hydrogen-bond donors (Lipinski definition) is 1. The number of nitrogens with one attached hydrogen (secondary N) is 1. The van der Waals surface area contributed by atoms with Crippen molar-refractivity contribution in [2.75, 3.05) is 18.6 Å². The third-order valence-electron chi connectivity index (χ3n) is 3.39. The first kappa shape index (κ1) is 15.2. The second kappa shape index (κ2) is 7.55. The van der Waals surface area contributed by atoms with Crippen LogP contribution in [-0.4, -0.2) is 34.8 Å². The Morgan fingerprint density at radius 3 is 2.75 bits per heavy atom. The first-order chi connectivity index (χ1) is 9.66.